The zero-order valence-electron chi connectivity index (χ0n) is 5.61. The topological polar surface area (TPSA) is 20.2 Å². The van der Waals surface area contributed by atoms with Crippen molar-refractivity contribution in [1.82, 2.24) is 0 Å². The summed E-state index contributed by atoms with van der Waals surface area (Å²) in [6.07, 6.45) is -0.226. The molecule has 0 spiro atoms. The molecule has 0 heterocycles. The summed E-state index contributed by atoms with van der Waals surface area (Å²) in [5.74, 6) is 0. The molecule has 0 aromatic heterocycles. The Kier molecular flexibility index (Phi) is 4.30. The molecule has 0 atom stereocenters. The molecule has 0 amide bonds. The summed E-state index contributed by atoms with van der Waals surface area (Å²) in [4.78, 5) is 0. The summed E-state index contributed by atoms with van der Waals surface area (Å²) in [5, 5.41) is 8.05. The van der Waals surface area contributed by atoms with Crippen LogP contribution in [-0.4, -0.2) is 16.1 Å². The van der Waals surface area contributed by atoms with Gasteiger partial charge < -0.3 is 5.11 Å². The average molecular weight is 244 g/mol. The summed E-state index contributed by atoms with van der Waals surface area (Å²) in [6, 6.07) is 0. The highest BCUT2D eigenvalue weighted by Crippen LogP contribution is 2.47. The van der Waals surface area contributed by atoms with Crippen LogP contribution in [-0.2, 0) is 0 Å². The summed E-state index contributed by atoms with van der Waals surface area (Å²) in [7, 11) is 0. The Labute approximate surface area is 77.2 Å². The number of thioether (sulfide) groups is 2. The van der Waals surface area contributed by atoms with E-state index in [1.54, 1.807) is 0 Å². The molecule has 0 bridgehead atoms. The Bertz CT molecular complexity index is 176. The highest BCUT2D eigenvalue weighted by atomic mass is 32.2. The van der Waals surface area contributed by atoms with Crippen molar-refractivity contribution < 1.29 is 31.4 Å². The van der Waals surface area contributed by atoms with Gasteiger partial charge in [0.05, 0.1) is 10.5 Å². The van der Waals surface area contributed by atoms with Gasteiger partial charge in [0.25, 0.3) is 0 Å². The van der Waals surface area contributed by atoms with Crippen molar-refractivity contribution in [3.63, 3.8) is 0 Å². The van der Waals surface area contributed by atoms with Gasteiger partial charge in [-0.3, -0.25) is 0 Å². The van der Waals surface area contributed by atoms with Crippen LogP contribution < -0.4 is 0 Å². The van der Waals surface area contributed by atoms with Crippen molar-refractivity contribution in [2.24, 2.45) is 0 Å². The molecule has 0 aromatic rings. The second-order valence-electron chi connectivity index (χ2n) is 1.54. The molecule has 1 N–H and O–H groups in total. The van der Waals surface area contributed by atoms with Crippen LogP contribution >= 0.6 is 23.5 Å². The minimum atomic E-state index is -4.84. The third-order valence-corrected chi connectivity index (χ3v) is 2.11. The second-order valence-corrected chi connectivity index (χ2v) is 4.02. The standard InChI is InChI=1S/C4H2F6OS2/c5-3(6,7)12-2(1-11)13-4(8,9)10/h1,11H. The maximum Gasteiger partial charge on any atom is 0.447 e. The zero-order valence-corrected chi connectivity index (χ0v) is 7.24. The minimum Gasteiger partial charge on any atom is -0.514 e. The van der Waals surface area contributed by atoms with E-state index in [2.05, 4.69) is 0 Å². The normalized spacial score (nSPS) is 12.8. The molecule has 0 saturated carbocycles. The van der Waals surface area contributed by atoms with Crippen LogP contribution in [0, 0.1) is 0 Å². The molecule has 1 nitrogen and oxygen atoms in total. The zero-order chi connectivity index (χ0) is 10.7. The third-order valence-electron chi connectivity index (χ3n) is 0.538. The summed E-state index contributed by atoms with van der Waals surface area (Å²) in [5.41, 5.74) is -9.68. The lowest BCUT2D eigenvalue weighted by Crippen LogP contribution is -2.04. The van der Waals surface area contributed by atoms with Crippen LogP contribution in [0.15, 0.2) is 10.5 Å². The summed E-state index contributed by atoms with van der Waals surface area (Å²) < 4.78 is 67.7. The maximum atomic E-state index is 11.5. The molecule has 0 radical (unpaired) electrons. The van der Waals surface area contributed by atoms with Crippen LogP contribution in [0.3, 0.4) is 0 Å². The first kappa shape index (κ1) is 12.8. The predicted molar refractivity (Wildman–Crippen MR) is 38.0 cm³/mol. The molecule has 0 saturated heterocycles. The smallest absolute Gasteiger partial charge is 0.447 e. The summed E-state index contributed by atoms with van der Waals surface area (Å²) in [6.45, 7) is 0. The van der Waals surface area contributed by atoms with E-state index in [0.717, 1.165) is 0 Å². The molecule has 0 unspecified atom stereocenters. The molecule has 0 fully saturated rings. The Hall–Kier alpha value is -0.180. The van der Waals surface area contributed by atoms with E-state index in [1.165, 1.54) is 0 Å². The molecular formula is C4H2F6OS2. The lowest BCUT2D eigenvalue weighted by molar-refractivity contribution is -0.0328. The van der Waals surface area contributed by atoms with Crippen molar-refractivity contribution in [1.29, 1.82) is 0 Å². The van der Waals surface area contributed by atoms with Gasteiger partial charge in [-0.2, -0.15) is 26.3 Å². The van der Waals surface area contributed by atoms with Gasteiger partial charge >= 0.3 is 11.0 Å². The maximum absolute atomic E-state index is 11.5. The van der Waals surface area contributed by atoms with Gasteiger partial charge in [-0.15, -0.1) is 0 Å². The molecule has 0 aliphatic heterocycles. The number of alkyl halides is 6. The number of aliphatic hydroxyl groups is 1. The van der Waals surface area contributed by atoms with E-state index < -0.39 is 38.8 Å². The number of halogens is 6. The third kappa shape index (κ3) is 8.16. The lowest BCUT2D eigenvalue weighted by Gasteiger charge is -2.09. The van der Waals surface area contributed by atoms with E-state index in [-0.39, 0.29) is 6.26 Å². The van der Waals surface area contributed by atoms with Crippen LogP contribution in [0.1, 0.15) is 0 Å². The Morgan fingerprint density at radius 1 is 0.923 bits per heavy atom. The van der Waals surface area contributed by atoms with E-state index in [4.69, 9.17) is 5.11 Å². The van der Waals surface area contributed by atoms with E-state index in [9.17, 15) is 26.3 Å². The number of aliphatic hydroxyl groups excluding tert-OH is 1. The molecule has 9 heteroatoms. The molecule has 0 aliphatic rings. The van der Waals surface area contributed by atoms with Crippen LogP contribution in [0.2, 0.25) is 0 Å². The number of hydrogen-bond donors (Lipinski definition) is 1. The van der Waals surface area contributed by atoms with Crippen LogP contribution in [0.4, 0.5) is 26.3 Å². The molecular weight excluding hydrogens is 242 g/mol. The van der Waals surface area contributed by atoms with E-state index in [1.807, 2.05) is 0 Å². The Morgan fingerprint density at radius 3 is 1.38 bits per heavy atom. The van der Waals surface area contributed by atoms with Gasteiger partial charge in [0, 0.05) is 0 Å². The van der Waals surface area contributed by atoms with Gasteiger partial charge in [-0.1, -0.05) is 0 Å². The first-order valence-corrected chi connectivity index (χ1v) is 4.13. The monoisotopic (exact) mass is 244 g/mol. The average Bonchev–Trinajstić information content (AvgIpc) is 1.79. The minimum absolute atomic E-state index is 0.226. The van der Waals surface area contributed by atoms with Crippen LogP contribution in [0.5, 0.6) is 0 Å². The second kappa shape index (κ2) is 4.36. The van der Waals surface area contributed by atoms with Crippen molar-refractivity contribution in [3.8, 4) is 0 Å². The first-order valence-electron chi connectivity index (χ1n) is 2.50. The fourth-order valence-electron chi connectivity index (χ4n) is 0.302. The number of hydrogen-bond acceptors (Lipinski definition) is 3. The Balaban J connectivity index is 4.24. The molecule has 13 heavy (non-hydrogen) atoms. The quantitative estimate of drug-likeness (QED) is 0.588. The fraction of sp³-hybridized carbons (Fsp3) is 0.500. The largest absolute Gasteiger partial charge is 0.514 e. The summed E-state index contributed by atoms with van der Waals surface area (Å²) >= 11 is -2.03. The number of rotatable bonds is 2. The lowest BCUT2D eigenvalue weighted by atomic mass is 11.1. The first-order chi connectivity index (χ1) is 5.64. The van der Waals surface area contributed by atoms with Gasteiger partial charge in [-0.05, 0) is 23.5 Å². The van der Waals surface area contributed by atoms with Crippen LogP contribution in [0.25, 0.3) is 0 Å². The fourth-order valence-corrected chi connectivity index (χ4v) is 1.60. The van der Waals surface area contributed by atoms with Crippen molar-refractivity contribution in [2.75, 3.05) is 0 Å². The SMILES string of the molecule is OC=C(SC(F)(F)F)SC(F)(F)F. The van der Waals surface area contributed by atoms with Crippen molar-refractivity contribution in [2.45, 2.75) is 11.0 Å². The van der Waals surface area contributed by atoms with Crippen molar-refractivity contribution in [3.05, 3.63) is 10.5 Å². The van der Waals surface area contributed by atoms with Gasteiger partial charge in [-0.25, -0.2) is 0 Å². The molecule has 0 aliphatic carbocycles. The van der Waals surface area contributed by atoms with E-state index in [0.29, 0.717) is 0 Å². The van der Waals surface area contributed by atoms with Gasteiger partial charge in [0.1, 0.15) is 0 Å². The van der Waals surface area contributed by atoms with Gasteiger partial charge in [0.15, 0.2) is 0 Å². The van der Waals surface area contributed by atoms with Crippen molar-refractivity contribution >= 4 is 23.5 Å². The highest BCUT2D eigenvalue weighted by Gasteiger charge is 2.37. The predicted octanol–water partition coefficient (Wildman–Crippen LogP) is 3.85. The molecule has 0 aromatic carbocycles. The van der Waals surface area contributed by atoms with Gasteiger partial charge in [0.2, 0.25) is 0 Å². The highest BCUT2D eigenvalue weighted by molar-refractivity contribution is 8.22. The molecule has 0 rings (SSSR count). The Morgan fingerprint density at radius 2 is 1.23 bits per heavy atom. The molecule has 78 valence electrons. The van der Waals surface area contributed by atoms with E-state index >= 15 is 0 Å².